The summed E-state index contributed by atoms with van der Waals surface area (Å²) in [6.45, 7) is 2.13. The van der Waals surface area contributed by atoms with Gasteiger partial charge in [0.25, 0.3) is 0 Å². The van der Waals surface area contributed by atoms with Crippen LogP contribution in [0.4, 0.5) is 11.4 Å². The van der Waals surface area contributed by atoms with Gasteiger partial charge in [0.1, 0.15) is 12.7 Å². The van der Waals surface area contributed by atoms with Gasteiger partial charge in [-0.05, 0) is 42.8 Å². The molecule has 0 bridgehead atoms. The van der Waals surface area contributed by atoms with E-state index in [1.165, 1.54) is 11.1 Å². The molecule has 0 amide bonds. The van der Waals surface area contributed by atoms with E-state index in [2.05, 4.69) is 58.9 Å². The number of aromatic nitrogens is 2. The van der Waals surface area contributed by atoms with E-state index >= 15 is 0 Å². The summed E-state index contributed by atoms with van der Waals surface area (Å²) in [6, 6.07) is 14.4. The molecule has 0 saturated heterocycles. The van der Waals surface area contributed by atoms with Gasteiger partial charge in [0.2, 0.25) is 11.6 Å². The molecule has 0 aliphatic carbocycles. The molecule has 0 atom stereocenters. The number of hydrogen-bond acceptors (Lipinski definition) is 3. The first-order valence-electron chi connectivity index (χ1n) is 7.61. The van der Waals surface area contributed by atoms with Crippen molar-refractivity contribution >= 4 is 11.4 Å². The zero-order chi connectivity index (χ0) is 16.0. The van der Waals surface area contributed by atoms with Crippen molar-refractivity contribution in [3.05, 3.63) is 60.4 Å². The molecule has 4 nitrogen and oxygen atoms in total. The van der Waals surface area contributed by atoms with Gasteiger partial charge in [-0.25, -0.2) is 9.55 Å². The maximum Gasteiger partial charge on any atom is 0.243 e. The van der Waals surface area contributed by atoms with Crippen LogP contribution < -0.4 is 14.2 Å². The summed E-state index contributed by atoms with van der Waals surface area (Å²) >= 11 is 0. The molecule has 0 saturated carbocycles. The second-order valence-corrected chi connectivity index (χ2v) is 5.82. The molecule has 4 heteroatoms. The highest BCUT2D eigenvalue weighted by Gasteiger charge is 2.25. The van der Waals surface area contributed by atoms with Gasteiger partial charge in [-0.1, -0.05) is 0 Å². The van der Waals surface area contributed by atoms with Gasteiger partial charge >= 0.3 is 0 Å². The van der Waals surface area contributed by atoms with Gasteiger partial charge in [-0.3, -0.25) is 0 Å². The fourth-order valence-corrected chi connectivity index (χ4v) is 3.05. The molecular formula is C19H18N3O+. The minimum Gasteiger partial charge on any atom is -0.435 e. The number of ether oxygens (including phenoxy) is 1. The van der Waals surface area contributed by atoms with Crippen LogP contribution in [-0.4, -0.2) is 12.0 Å². The van der Waals surface area contributed by atoms with Crippen LogP contribution in [-0.2, 0) is 7.05 Å². The predicted molar refractivity (Wildman–Crippen MR) is 90.2 cm³/mol. The van der Waals surface area contributed by atoms with E-state index in [0.29, 0.717) is 5.88 Å². The lowest BCUT2D eigenvalue weighted by molar-refractivity contribution is -0.660. The van der Waals surface area contributed by atoms with E-state index in [-0.39, 0.29) is 0 Å². The van der Waals surface area contributed by atoms with Gasteiger partial charge in [0.05, 0.1) is 11.3 Å². The molecule has 2 aromatic heterocycles. The largest absolute Gasteiger partial charge is 0.435 e. The van der Waals surface area contributed by atoms with Crippen LogP contribution in [0.5, 0.6) is 11.6 Å². The van der Waals surface area contributed by atoms with Crippen LogP contribution in [0.15, 0.2) is 54.9 Å². The highest BCUT2D eigenvalue weighted by Crippen LogP contribution is 2.46. The van der Waals surface area contributed by atoms with Crippen LogP contribution in [0.25, 0.3) is 11.3 Å². The van der Waals surface area contributed by atoms with Gasteiger partial charge < -0.3 is 9.64 Å². The Morgan fingerprint density at radius 1 is 1.09 bits per heavy atom. The van der Waals surface area contributed by atoms with Crippen molar-refractivity contribution < 1.29 is 9.30 Å². The third-order valence-corrected chi connectivity index (χ3v) is 4.32. The molecule has 4 rings (SSSR count). The summed E-state index contributed by atoms with van der Waals surface area (Å²) in [5.74, 6) is 1.48. The quantitative estimate of drug-likeness (QED) is 0.641. The number of hydrogen-bond donors (Lipinski definition) is 0. The lowest BCUT2D eigenvalue weighted by Crippen LogP contribution is -2.30. The SMILES string of the molecule is Cc1cc2c(cc1-c1cccc[n+]1C)Oc1ncccc1N2C. The zero-order valence-electron chi connectivity index (χ0n) is 13.4. The van der Waals surface area contributed by atoms with Crippen LogP contribution >= 0.6 is 0 Å². The molecule has 23 heavy (non-hydrogen) atoms. The van der Waals surface area contributed by atoms with Crippen LogP contribution in [0, 0.1) is 6.92 Å². The van der Waals surface area contributed by atoms with E-state index < -0.39 is 0 Å². The van der Waals surface area contributed by atoms with Crippen LogP contribution in [0.3, 0.4) is 0 Å². The molecule has 1 aliphatic rings. The summed E-state index contributed by atoms with van der Waals surface area (Å²) in [7, 11) is 4.10. The Balaban J connectivity index is 1.89. The number of fused-ring (bicyclic) bond motifs is 2. The first-order valence-corrected chi connectivity index (χ1v) is 7.61. The first kappa shape index (κ1) is 13.8. The molecule has 0 N–H and O–H groups in total. The van der Waals surface area contributed by atoms with E-state index in [1.807, 2.05) is 25.2 Å². The molecule has 0 radical (unpaired) electrons. The summed E-state index contributed by atoms with van der Waals surface area (Å²) in [4.78, 5) is 6.47. The van der Waals surface area contributed by atoms with Crippen LogP contribution in [0.2, 0.25) is 0 Å². The number of anilines is 2. The molecule has 0 spiro atoms. The van der Waals surface area contributed by atoms with Crippen LogP contribution in [0.1, 0.15) is 5.56 Å². The van der Waals surface area contributed by atoms with Crippen molar-refractivity contribution in [2.24, 2.45) is 7.05 Å². The first-order chi connectivity index (χ1) is 11.1. The van der Waals surface area contributed by atoms with Crippen molar-refractivity contribution in [3.63, 3.8) is 0 Å². The third-order valence-electron chi connectivity index (χ3n) is 4.32. The maximum atomic E-state index is 6.04. The number of pyridine rings is 2. The number of rotatable bonds is 1. The normalized spacial score (nSPS) is 12.4. The monoisotopic (exact) mass is 304 g/mol. The Morgan fingerprint density at radius 2 is 1.96 bits per heavy atom. The summed E-state index contributed by atoms with van der Waals surface area (Å²) < 4.78 is 8.16. The molecular weight excluding hydrogens is 286 g/mol. The minimum absolute atomic E-state index is 0.648. The standard InChI is InChI=1S/C19H18N3O/c1-13-11-17-18(12-14(13)15-7-4-5-10-21(15)2)23-19-16(22(17)3)8-6-9-20-19/h4-12H,1-3H3/q+1. The average Bonchev–Trinajstić information content (AvgIpc) is 2.56. The fourth-order valence-electron chi connectivity index (χ4n) is 3.05. The summed E-state index contributed by atoms with van der Waals surface area (Å²) in [6.07, 6.45) is 3.81. The molecule has 1 aromatic carbocycles. The fraction of sp³-hybridized carbons (Fsp3) is 0.158. The van der Waals surface area contributed by atoms with E-state index in [4.69, 9.17) is 4.74 Å². The van der Waals surface area contributed by atoms with Gasteiger partial charge in [0, 0.05) is 25.4 Å². The van der Waals surface area contributed by atoms with Crippen molar-refractivity contribution in [1.29, 1.82) is 0 Å². The smallest absolute Gasteiger partial charge is 0.243 e. The van der Waals surface area contributed by atoms with Gasteiger partial charge in [-0.2, -0.15) is 0 Å². The Bertz CT molecular complexity index is 905. The van der Waals surface area contributed by atoms with E-state index in [9.17, 15) is 0 Å². The maximum absolute atomic E-state index is 6.04. The van der Waals surface area contributed by atoms with E-state index in [0.717, 1.165) is 22.8 Å². The number of aryl methyl sites for hydroxylation is 2. The summed E-state index contributed by atoms with van der Waals surface area (Å²) in [5.41, 5.74) is 5.58. The van der Waals surface area contributed by atoms with Crippen molar-refractivity contribution in [2.75, 3.05) is 11.9 Å². The lowest BCUT2D eigenvalue weighted by atomic mass is 10.0. The molecule has 3 heterocycles. The molecule has 114 valence electrons. The van der Waals surface area contributed by atoms with Crippen molar-refractivity contribution in [1.82, 2.24) is 4.98 Å². The van der Waals surface area contributed by atoms with Crippen molar-refractivity contribution in [2.45, 2.75) is 6.92 Å². The van der Waals surface area contributed by atoms with Crippen molar-refractivity contribution in [3.8, 4) is 22.9 Å². The second-order valence-electron chi connectivity index (χ2n) is 5.82. The molecule has 1 aliphatic heterocycles. The van der Waals surface area contributed by atoms with E-state index in [1.54, 1.807) is 6.20 Å². The Labute approximate surface area is 135 Å². The number of nitrogens with zero attached hydrogens (tertiary/aromatic N) is 3. The highest BCUT2D eigenvalue weighted by atomic mass is 16.5. The van der Waals surface area contributed by atoms with Gasteiger partial charge in [-0.15, -0.1) is 0 Å². The highest BCUT2D eigenvalue weighted by molar-refractivity contribution is 5.80. The zero-order valence-corrected chi connectivity index (χ0v) is 13.4. The van der Waals surface area contributed by atoms with Gasteiger partial charge in [0.15, 0.2) is 11.9 Å². The number of benzene rings is 1. The molecule has 0 unspecified atom stereocenters. The molecule has 0 fully saturated rings. The molecule has 3 aromatic rings. The summed E-state index contributed by atoms with van der Waals surface area (Å²) in [5, 5.41) is 0. The Hall–Kier alpha value is -2.88. The predicted octanol–water partition coefficient (Wildman–Crippen LogP) is 3.76. The lowest BCUT2D eigenvalue weighted by Gasteiger charge is -2.29. The third kappa shape index (κ3) is 2.14. The Morgan fingerprint density at radius 3 is 2.78 bits per heavy atom. The Kier molecular flexibility index (Phi) is 3.05. The average molecular weight is 304 g/mol. The minimum atomic E-state index is 0.648. The second kappa shape index (κ2) is 5.09. The topological polar surface area (TPSA) is 29.2 Å².